The number of amides is 1. The number of benzene rings is 1. The first kappa shape index (κ1) is 17.5. The number of nitrogens with zero attached hydrogens (tertiary/aromatic N) is 1. The molecule has 0 aliphatic rings. The summed E-state index contributed by atoms with van der Waals surface area (Å²) in [4.78, 5) is 27.9. The van der Waals surface area contributed by atoms with Crippen molar-refractivity contribution in [2.75, 3.05) is 7.11 Å². The van der Waals surface area contributed by atoms with Crippen molar-refractivity contribution >= 4 is 11.9 Å². The topological polar surface area (TPSA) is 88.5 Å². The van der Waals surface area contributed by atoms with E-state index in [4.69, 9.17) is 4.74 Å². The number of carboxylic acids is 1. The van der Waals surface area contributed by atoms with Gasteiger partial charge in [-0.25, -0.2) is 4.79 Å². The molecule has 1 atom stereocenters. The maximum Gasteiger partial charge on any atom is 0.326 e. The fourth-order valence-corrected chi connectivity index (χ4v) is 2.31. The summed E-state index contributed by atoms with van der Waals surface area (Å²) in [6.45, 7) is 3.48. The van der Waals surface area contributed by atoms with E-state index in [9.17, 15) is 14.7 Å². The summed E-state index contributed by atoms with van der Waals surface area (Å²) < 4.78 is 5.33. The average molecular weight is 328 g/mol. The van der Waals surface area contributed by atoms with Gasteiger partial charge in [0.25, 0.3) is 5.91 Å². The largest absolute Gasteiger partial charge is 0.496 e. The Bertz CT molecular complexity index is 729. The van der Waals surface area contributed by atoms with Gasteiger partial charge in [-0.1, -0.05) is 19.9 Å². The van der Waals surface area contributed by atoms with Gasteiger partial charge in [-0.3, -0.25) is 9.78 Å². The van der Waals surface area contributed by atoms with Crippen molar-refractivity contribution in [2.24, 2.45) is 5.92 Å². The van der Waals surface area contributed by atoms with Crippen LogP contribution in [0.3, 0.4) is 0 Å². The van der Waals surface area contributed by atoms with Gasteiger partial charge < -0.3 is 15.2 Å². The molecule has 0 spiro atoms. The first-order chi connectivity index (χ1) is 11.4. The van der Waals surface area contributed by atoms with E-state index >= 15 is 0 Å². The molecule has 0 saturated heterocycles. The predicted octanol–water partition coefficient (Wildman–Crippen LogP) is 2.60. The summed E-state index contributed by atoms with van der Waals surface area (Å²) in [7, 11) is 1.54. The van der Waals surface area contributed by atoms with Crippen LogP contribution in [0.15, 0.2) is 42.6 Å². The number of nitrogens with one attached hydrogen (secondary N) is 1. The van der Waals surface area contributed by atoms with Crippen molar-refractivity contribution < 1.29 is 19.4 Å². The van der Waals surface area contributed by atoms with Gasteiger partial charge in [0.05, 0.1) is 12.8 Å². The Hall–Kier alpha value is -2.89. The number of carbonyl (C=O) groups excluding carboxylic acids is 1. The minimum atomic E-state index is -1.06. The fourth-order valence-electron chi connectivity index (χ4n) is 2.31. The van der Waals surface area contributed by atoms with Crippen LogP contribution >= 0.6 is 0 Å². The first-order valence-corrected chi connectivity index (χ1v) is 7.57. The lowest BCUT2D eigenvalue weighted by Gasteiger charge is -2.18. The van der Waals surface area contributed by atoms with Crippen LogP contribution in [0.1, 0.15) is 24.2 Å². The Morgan fingerprint density at radius 1 is 1.21 bits per heavy atom. The molecular formula is C18H20N2O4. The van der Waals surface area contributed by atoms with Crippen LogP contribution in [-0.2, 0) is 4.79 Å². The molecule has 1 amide bonds. The third-order valence-electron chi connectivity index (χ3n) is 3.62. The SMILES string of the molecule is COc1ccc(C(=O)NC(C(=O)O)C(C)C)cc1-c1ccccn1. The van der Waals surface area contributed by atoms with Gasteiger partial charge in [-0.15, -0.1) is 0 Å². The standard InChI is InChI=1S/C18H20N2O4/c1-11(2)16(18(22)23)20-17(21)12-7-8-15(24-3)13(10-12)14-6-4-5-9-19-14/h4-11,16H,1-3H3,(H,20,21)(H,22,23). The zero-order valence-corrected chi connectivity index (χ0v) is 13.8. The predicted molar refractivity (Wildman–Crippen MR) is 90.0 cm³/mol. The molecule has 24 heavy (non-hydrogen) atoms. The smallest absolute Gasteiger partial charge is 0.326 e. The number of pyridine rings is 1. The lowest BCUT2D eigenvalue weighted by atomic mass is 10.0. The molecule has 0 fully saturated rings. The van der Waals surface area contributed by atoms with Gasteiger partial charge in [0.15, 0.2) is 0 Å². The molecule has 1 aromatic carbocycles. The highest BCUT2D eigenvalue weighted by Gasteiger charge is 2.24. The number of carboxylic acid groups (broad SMARTS) is 1. The summed E-state index contributed by atoms with van der Waals surface area (Å²) in [5.74, 6) is -1.14. The Kier molecular flexibility index (Phi) is 5.52. The molecule has 2 aromatic rings. The van der Waals surface area contributed by atoms with E-state index in [2.05, 4.69) is 10.3 Å². The van der Waals surface area contributed by atoms with Crippen molar-refractivity contribution in [3.8, 4) is 17.0 Å². The van der Waals surface area contributed by atoms with E-state index in [1.807, 2.05) is 12.1 Å². The summed E-state index contributed by atoms with van der Waals surface area (Å²) >= 11 is 0. The Morgan fingerprint density at radius 3 is 2.50 bits per heavy atom. The van der Waals surface area contributed by atoms with Crippen molar-refractivity contribution in [3.05, 3.63) is 48.2 Å². The molecule has 0 aliphatic heterocycles. The molecular weight excluding hydrogens is 308 g/mol. The van der Waals surface area contributed by atoms with Crippen molar-refractivity contribution in [1.29, 1.82) is 0 Å². The molecule has 0 radical (unpaired) electrons. The number of aromatic nitrogens is 1. The minimum Gasteiger partial charge on any atom is -0.496 e. The van der Waals surface area contributed by atoms with Crippen LogP contribution in [0.5, 0.6) is 5.75 Å². The van der Waals surface area contributed by atoms with Crippen LogP contribution < -0.4 is 10.1 Å². The molecule has 126 valence electrons. The van der Waals surface area contributed by atoms with Gasteiger partial charge >= 0.3 is 5.97 Å². The average Bonchev–Trinajstić information content (AvgIpc) is 2.59. The normalized spacial score (nSPS) is 11.8. The van der Waals surface area contributed by atoms with Crippen molar-refractivity contribution in [1.82, 2.24) is 10.3 Å². The monoisotopic (exact) mass is 328 g/mol. The second kappa shape index (κ2) is 7.59. The molecule has 0 bridgehead atoms. The third-order valence-corrected chi connectivity index (χ3v) is 3.62. The van der Waals surface area contributed by atoms with Crippen molar-refractivity contribution in [3.63, 3.8) is 0 Å². The zero-order valence-electron chi connectivity index (χ0n) is 13.8. The van der Waals surface area contributed by atoms with Crippen LogP contribution in [0.25, 0.3) is 11.3 Å². The molecule has 1 unspecified atom stereocenters. The number of methoxy groups -OCH3 is 1. The van der Waals surface area contributed by atoms with E-state index in [1.54, 1.807) is 51.4 Å². The lowest BCUT2D eigenvalue weighted by Crippen LogP contribution is -2.44. The number of hydrogen-bond acceptors (Lipinski definition) is 4. The van der Waals surface area contributed by atoms with Gasteiger partial charge in [-0.05, 0) is 36.2 Å². The Balaban J connectivity index is 2.35. The number of aliphatic carboxylic acids is 1. The van der Waals surface area contributed by atoms with E-state index in [0.717, 1.165) is 0 Å². The molecule has 6 nitrogen and oxygen atoms in total. The van der Waals surface area contributed by atoms with Gasteiger partial charge in [0, 0.05) is 17.3 Å². The summed E-state index contributed by atoms with van der Waals surface area (Å²) in [5.41, 5.74) is 1.69. The fraction of sp³-hybridized carbons (Fsp3) is 0.278. The van der Waals surface area contributed by atoms with Crippen LogP contribution in [-0.4, -0.2) is 35.1 Å². The van der Waals surface area contributed by atoms with Crippen LogP contribution in [0, 0.1) is 5.92 Å². The second-order valence-corrected chi connectivity index (χ2v) is 5.66. The van der Waals surface area contributed by atoms with Gasteiger partial charge in [0.1, 0.15) is 11.8 Å². The molecule has 2 N–H and O–H groups in total. The minimum absolute atomic E-state index is 0.222. The maximum absolute atomic E-state index is 12.4. The quantitative estimate of drug-likeness (QED) is 0.851. The Morgan fingerprint density at radius 2 is 1.96 bits per heavy atom. The number of carbonyl (C=O) groups is 2. The highest BCUT2D eigenvalue weighted by molar-refractivity contribution is 5.98. The molecule has 6 heteroatoms. The van der Waals surface area contributed by atoms with Crippen LogP contribution in [0.4, 0.5) is 0 Å². The first-order valence-electron chi connectivity index (χ1n) is 7.57. The third kappa shape index (κ3) is 3.90. The van der Waals surface area contributed by atoms with E-state index in [1.165, 1.54) is 0 Å². The van der Waals surface area contributed by atoms with Gasteiger partial charge in [-0.2, -0.15) is 0 Å². The summed E-state index contributed by atoms with van der Waals surface area (Å²) in [6, 6.07) is 9.42. The molecule has 2 rings (SSSR count). The molecule has 0 aliphatic carbocycles. The lowest BCUT2D eigenvalue weighted by molar-refractivity contribution is -0.140. The second-order valence-electron chi connectivity index (χ2n) is 5.66. The van der Waals surface area contributed by atoms with E-state index in [-0.39, 0.29) is 5.92 Å². The van der Waals surface area contributed by atoms with E-state index < -0.39 is 17.9 Å². The number of ether oxygens (including phenoxy) is 1. The number of hydrogen-bond donors (Lipinski definition) is 2. The highest BCUT2D eigenvalue weighted by Crippen LogP contribution is 2.29. The van der Waals surface area contributed by atoms with Crippen LogP contribution in [0.2, 0.25) is 0 Å². The molecule has 1 heterocycles. The molecule has 0 saturated carbocycles. The summed E-state index contributed by atoms with van der Waals surface area (Å²) in [5, 5.41) is 11.8. The number of rotatable bonds is 6. The zero-order chi connectivity index (χ0) is 17.7. The van der Waals surface area contributed by atoms with E-state index in [0.29, 0.717) is 22.6 Å². The maximum atomic E-state index is 12.4. The van der Waals surface area contributed by atoms with Crippen molar-refractivity contribution in [2.45, 2.75) is 19.9 Å². The Labute approximate surface area is 140 Å². The highest BCUT2D eigenvalue weighted by atomic mass is 16.5. The van der Waals surface area contributed by atoms with Gasteiger partial charge in [0.2, 0.25) is 0 Å². The summed E-state index contributed by atoms with van der Waals surface area (Å²) in [6.07, 6.45) is 1.65. The molecule has 1 aromatic heterocycles.